The number of hydrogen-bond donors (Lipinski definition) is 0. The van der Waals surface area contributed by atoms with Crippen LogP contribution in [0, 0.1) is 0 Å². The van der Waals surface area contributed by atoms with Crippen LogP contribution in [-0.2, 0) is 11.8 Å². The molecule has 1 unspecified atom stereocenters. The normalized spacial score (nSPS) is 12.3. The zero-order valence-electron chi connectivity index (χ0n) is 10.5. The van der Waals surface area contributed by atoms with Gasteiger partial charge in [-0.1, -0.05) is 30.3 Å². The summed E-state index contributed by atoms with van der Waals surface area (Å²) in [5.41, 5.74) is 0.854. The van der Waals surface area contributed by atoms with Crippen molar-refractivity contribution in [1.29, 1.82) is 0 Å². The van der Waals surface area contributed by atoms with Crippen LogP contribution in [0.1, 0.15) is 29.2 Å². The molecule has 0 aliphatic rings. The summed E-state index contributed by atoms with van der Waals surface area (Å²) < 4.78 is 7.27. The Hall–Kier alpha value is -1.94. The predicted octanol–water partition coefficient (Wildman–Crippen LogP) is 2.38. The number of aromatic nitrogens is 2. The molecule has 0 aliphatic carbocycles. The maximum Gasteiger partial charge on any atom is 0.231 e. The molecular weight excluding hydrogens is 228 g/mol. The molecule has 0 aliphatic heterocycles. The molecule has 0 N–H and O–H groups in total. The number of benzene rings is 1. The van der Waals surface area contributed by atoms with E-state index < -0.39 is 6.10 Å². The highest BCUT2D eigenvalue weighted by Gasteiger charge is 2.25. The van der Waals surface area contributed by atoms with Crippen molar-refractivity contribution in [1.82, 2.24) is 9.55 Å². The third-order valence-corrected chi connectivity index (χ3v) is 2.72. The van der Waals surface area contributed by atoms with Gasteiger partial charge in [-0.15, -0.1) is 0 Å². The van der Waals surface area contributed by atoms with Gasteiger partial charge in [0.2, 0.25) is 5.78 Å². The van der Waals surface area contributed by atoms with E-state index in [9.17, 15) is 4.79 Å². The van der Waals surface area contributed by atoms with Crippen LogP contribution in [0.15, 0.2) is 42.7 Å². The summed E-state index contributed by atoms with van der Waals surface area (Å²) in [4.78, 5) is 16.5. The Balaban J connectivity index is 2.32. The van der Waals surface area contributed by atoms with Crippen LogP contribution in [0.5, 0.6) is 0 Å². The number of hydrogen-bond acceptors (Lipinski definition) is 3. The standard InChI is InChI=1S/C14H16N2O2/c1-3-18-13(11-7-5-4-6-8-11)12(17)14-15-9-10-16(14)2/h4-10,13H,3H2,1-2H3. The van der Waals surface area contributed by atoms with Gasteiger partial charge in [-0.05, 0) is 12.5 Å². The minimum absolute atomic E-state index is 0.115. The lowest BCUT2D eigenvalue weighted by molar-refractivity contribution is 0.0440. The highest BCUT2D eigenvalue weighted by Crippen LogP contribution is 2.21. The van der Waals surface area contributed by atoms with Crippen LogP contribution in [-0.4, -0.2) is 21.9 Å². The van der Waals surface area contributed by atoms with E-state index in [2.05, 4.69) is 4.98 Å². The summed E-state index contributed by atoms with van der Waals surface area (Å²) >= 11 is 0. The molecule has 1 aromatic heterocycles. The number of ketones is 1. The topological polar surface area (TPSA) is 44.1 Å². The van der Waals surface area contributed by atoms with Gasteiger partial charge in [0.15, 0.2) is 5.82 Å². The molecular formula is C14H16N2O2. The number of carbonyl (C=O) groups excluding carboxylic acids is 1. The third-order valence-electron chi connectivity index (χ3n) is 2.72. The first-order chi connectivity index (χ1) is 8.74. The van der Waals surface area contributed by atoms with Gasteiger partial charge in [-0.3, -0.25) is 4.79 Å². The number of imidazole rings is 1. The molecule has 0 spiro atoms. The minimum Gasteiger partial charge on any atom is -0.365 e. The number of aryl methyl sites for hydroxylation is 1. The molecule has 0 radical (unpaired) electrons. The first kappa shape index (κ1) is 12.5. The highest BCUT2D eigenvalue weighted by molar-refractivity contribution is 5.97. The summed E-state index contributed by atoms with van der Waals surface area (Å²) in [5, 5.41) is 0. The van der Waals surface area contributed by atoms with Crippen molar-refractivity contribution in [3.05, 3.63) is 54.1 Å². The maximum atomic E-state index is 12.4. The Labute approximate surface area is 106 Å². The second-order valence-corrected chi connectivity index (χ2v) is 3.97. The van der Waals surface area contributed by atoms with Crippen molar-refractivity contribution in [3.63, 3.8) is 0 Å². The van der Waals surface area contributed by atoms with E-state index in [0.29, 0.717) is 12.4 Å². The second-order valence-electron chi connectivity index (χ2n) is 3.97. The Kier molecular flexibility index (Phi) is 3.89. The van der Waals surface area contributed by atoms with E-state index in [1.165, 1.54) is 0 Å². The third kappa shape index (κ3) is 2.49. The Morgan fingerprint density at radius 2 is 2.11 bits per heavy atom. The van der Waals surface area contributed by atoms with Gasteiger partial charge in [0.05, 0.1) is 0 Å². The molecule has 0 saturated carbocycles. The van der Waals surface area contributed by atoms with Gasteiger partial charge in [0.25, 0.3) is 0 Å². The van der Waals surface area contributed by atoms with Crippen LogP contribution < -0.4 is 0 Å². The summed E-state index contributed by atoms with van der Waals surface area (Å²) in [6.45, 7) is 2.36. The van der Waals surface area contributed by atoms with Crippen LogP contribution in [0.4, 0.5) is 0 Å². The van der Waals surface area contributed by atoms with Gasteiger partial charge in [-0.25, -0.2) is 4.98 Å². The number of Topliss-reactive ketones (excluding diaryl/α,β-unsaturated/α-hetero) is 1. The largest absolute Gasteiger partial charge is 0.365 e. The predicted molar refractivity (Wildman–Crippen MR) is 68.3 cm³/mol. The average Bonchev–Trinajstić information content (AvgIpc) is 2.82. The van der Waals surface area contributed by atoms with Gasteiger partial charge in [0, 0.05) is 26.0 Å². The van der Waals surface area contributed by atoms with Crippen LogP contribution in [0.2, 0.25) is 0 Å². The number of nitrogens with zero attached hydrogens (tertiary/aromatic N) is 2. The molecule has 2 rings (SSSR count). The van der Waals surface area contributed by atoms with Crippen LogP contribution >= 0.6 is 0 Å². The lowest BCUT2D eigenvalue weighted by Gasteiger charge is -2.15. The van der Waals surface area contributed by atoms with E-state index in [1.807, 2.05) is 37.3 Å². The average molecular weight is 244 g/mol. The molecule has 18 heavy (non-hydrogen) atoms. The summed E-state index contributed by atoms with van der Waals surface area (Å²) in [7, 11) is 1.80. The molecule has 0 fully saturated rings. The highest BCUT2D eigenvalue weighted by atomic mass is 16.5. The fourth-order valence-electron chi connectivity index (χ4n) is 1.84. The zero-order valence-corrected chi connectivity index (χ0v) is 10.5. The smallest absolute Gasteiger partial charge is 0.231 e. The second kappa shape index (κ2) is 5.60. The maximum absolute atomic E-state index is 12.4. The van der Waals surface area contributed by atoms with Crippen molar-refractivity contribution in [2.75, 3.05) is 6.61 Å². The Morgan fingerprint density at radius 1 is 1.39 bits per heavy atom. The molecule has 94 valence electrons. The van der Waals surface area contributed by atoms with E-state index in [-0.39, 0.29) is 5.78 Å². The zero-order chi connectivity index (χ0) is 13.0. The SMILES string of the molecule is CCOC(C(=O)c1nccn1C)c1ccccc1. The van der Waals surface area contributed by atoms with E-state index in [0.717, 1.165) is 5.56 Å². The van der Waals surface area contributed by atoms with Crippen LogP contribution in [0.3, 0.4) is 0 Å². The van der Waals surface area contributed by atoms with Crippen molar-refractivity contribution >= 4 is 5.78 Å². The van der Waals surface area contributed by atoms with Gasteiger partial charge >= 0.3 is 0 Å². The van der Waals surface area contributed by atoms with Crippen molar-refractivity contribution in [2.45, 2.75) is 13.0 Å². The monoisotopic (exact) mass is 244 g/mol. The molecule has 1 heterocycles. The first-order valence-corrected chi connectivity index (χ1v) is 5.92. The van der Waals surface area contributed by atoms with E-state index in [1.54, 1.807) is 24.0 Å². The van der Waals surface area contributed by atoms with Crippen molar-refractivity contribution in [2.24, 2.45) is 7.05 Å². The fourth-order valence-corrected chi connectivity index (χ4v) is 1.84. The Morgan fingerprint density at radius 3 is 2.67 bits per heavy atom. The van der Waals surface area contributed by atoms with E-state index >= 15 is 0 Å². The molecule has 4 heteroatoms. The summed E-state index contributed by atoms with van der Waals surface area (Å²) in [6, 6.07) is 9.49. The Bertz CT molecular complexity index is 520. The molecule has 1 aromatic carbocycles. The molecule has 2 aromatic rings. The number of rotatable bonds is 5. The van der Waals surface area contributed by atoms with Gasteiger partial charge in [0.1, 0.15) is 6.10 Å². The van der Waals surface area contributed by atoms with E-state index in [4.69, 9.17) is 4.74 Å². The molecule has 4 nitrogen and oxygen atoms in total. The molecule has 0 saturated heterocycles. The molecule has 0 bridgehead atoms. The van der Waals surface area contributed by atoms with Gasteiger partial charge < -0.3 is 9.30 Å². The number of carbonyl (C=O) groups is 1. The first-order valence-electron chi connectivity index (χ1n) is 5.92. The fraction of sp³-hybridized carbons (Fsp3) is 0.286. The minimum atomic E-state index is -0.586. The molecule has 1 atom stereocenters. The van der Waals surface area contributed by atoms with Crippen molar-refractivity contribution in [3.8, 4) is 0 Å². The van der Waals surface area contributed by atoms with Crippen LogP contribution in [0.25, 0.3) is 0 Å². The quantitative estimate of drug-likeness (QED) is 0.758. The van der Waals surface area contributed by atoms with Crippen molar-refractivity contribution < 1.29 is 9.53 Å². The molecule has 0 amide bonds. The lowest BCUT2D eigenvalue weighted by Crippen LogP contribution is -2.19. The lowest BCUT2D eigenvalue weighted by atomic mass is 10.1. The number of ether oxygens (including phenoxy) is 1. The summed E-state index contributed by atoms with van der Waals surface area (Å²) in [5.74, 6) is 0.299. The van der Waals surface area contributed by atoms with Gasteiger partial charge in [-0.2, -0.15) is 0 Å². The summed E-state index contributed by atoms with van der Waals surface area (Å²) in [6.07, 6.45) is 2.78.